The number of thioether (sulfide) groups is 1. The Balaban J connectivity index is 1.61. The van der Waals surface area contributed by atoms with Gasteiger partial charge in [0.2, 0.25) is 5.91 Å². The smallest absolute Gasteiger partial charge is 0.233 e. The van der Waals surface area contributed by atoms with Gasteiger partial charge >= 0.3 is 0 Å². The lowest BCUT2D eigenvalue weighted by molar-refractivity contribution is -0.146. The summed E-state index contributed by atoms with van der Waals surface area (Å²) in [5.74, 6) is 0.946. The lowest BCUT2D eigenvalue weighted by atomic mass is 9.90. The Kier molecular flexibility index (Phi) is 4.83. The zero-order chi connectivity index (χ0) is 15.5. The number of rotatable bonds is 3. The topological polar surface area (TPSA) is 81.3 Å². The molecule has 1 aliphatic heterocycles. The Hall–Kier alpha value is -1.34. The predicted molar refractivity (Wildman–Crippen MR) is 85.6 cm³/mol. The molecule has 2 N–H and O–H groups in total. The number of aryl methyl sites for hydroxylation is 1. The number of hydrogen-bond acceptors (Lipinski definition) is 6. The van der Waals surface area contributed by atoms with Crippen LogP contribution in [-0.2, 0) is 9.53 Å². The number of fused-ring (bicyclic) bond motifs is 1. The number of anilines is 1. The molecule has 120 valence electrons. The zero-order valence-electron chi connectivity index (χ0n) is 12.8. The van der Waals surface area contributed by atoms with Gasteiger partial charge in [0.1, 0.15) is 5.82 Å². The Bertz CT molecular complexity index is 532. The molecule has 2 aliphatic rings. The van der Waals surface area contributed by atoms with Crippen LogP contribution in [0.5, 0.6) is 0 Å². The minimum atomic E-state index is 0.147. The Labute approximate surface area is 134 Å². The zero-order valence-corrected chi connectivity index (χ0v) is 13.6. The second-order valence-corrected chi connectivity index (χ2v) is 6.80. The van der Waals surface area contributed by atoms with Gasteiger partial charge in [-0.2, -0.15) is 0 Å². The molecular weight excluding hydrogens is 300 g/mol. The number of ether oxygens (including phenoxy) is 1. The summed E-state index contributed by atoms with van der Waals surface area (Å²) in [5.41, 5.74) is 6.54. The first kappa shape index (κ1) is 15.6. The molecule has 1 amide bonds. The van der Waals surface area contributed by atoms with Crippen LogP contribution >= 0.6 is 11.8 Å². The molecule has 1 aromatic rings. The Morgan fingerprint density at radius 3 is 3.09 bits per heavy atom. The van der Waals surface area contributed by atoms with Gasteiger partial charge in [-0.1, -0.05) is 24.6 Å². The normalized spacial score (nSPS) is 24.9. The average molecular weight is 322 g/mol. The van der Waals surface area contributed by atoms with Crippen LogP contribution in [-0.4, -0.2) is 51.8 Å². The number of carbonyl (C=O) groups excluding carboxylic acids is 1. The van der Waals surface area contributed by atoms with Crippen molar-refractivity contribution in [2.24, 2.45) is 0 Å². The summed E-state index contributed by atoms with van der Waals surface area (Å²) < 4.78 is 5.81. The first-order chi connectivity index (χ1) is 10.6. The van der Waals surface area contributed by atoms with Crippen molar-refractivity contribution in [3.05, 3.63) is 11.8 Å². The number of morpholine rings is 1. The maximum absolute atomic E-state index is 12.6. The summed E-state index contributed by atoms with van der Waals surface area (Å²) in [6.45, 7) is 3.21. The second kappa shape index (κ2) is 6.83. The summed E-state index contributed by atoms with van der Waals surface area (Å²) >= 11 is 1.36. The molecule has 2 heterocycles. The van der Waals surface area contributed by atoms with E-state index in [1.165, 1.54) is 24.6 Å². The monoisotopic (exact) mass is 322 g/mol. The highest BCUT2D eigenvalue weighted by Crippen LogP contribution is 2.29. The molecular formula is C15H22N4O2S. The number of nitrogen functional groups attached to an aromatic ring is 1. The van der Waals surface area contributed by atoms with Gasteiger partial charge < -0.3 is 15.4 Å². The average Bonchev–Trinajstić information content (AvgIpc) is 2.51. The van der Waals surface area contributed by atoms with E-state index in [9.17, 15) is 4.79 Å². The van der Waals surface area contributed by atoms with Crippen molar-refractivity contribution in [2.75, 3.05) is 24.6 Å². The van der Waals surface area contributed by atoms with Gasteiger partial charge in [-0.15, -0.1) is 0 Å². The number of nitrogens with two attached hydrogens (primary N) is 1. The summed E-state index contributed by atoms with van der Waals surface area (Å²) in [5, 5.41) is 0.569. The van der Waals surface area contributed by atoms with Crippen LogP contribution < -0.4 is 5.73 Å². The largest absolute Gasteiger partial charge is 0.384 e. The van der Waals surface area contributed by atoms with Crippen molar-refractivity contribution in [2.45, 2.75) is 49.9 Å². The molecule has 2 atom stereocenters. The number of aromatic nitrogens is 2. The number of carbonyl (C=O) groups is 1. The van der Waals surface area contributed by atoms with Gasteiger partial charge in [0.25, 0.3) is 0 Å². The molecule has 1 aliphatic carbocycles. The highest BCUT2D eigenvalue weighted by molar-refractivity contribution is 7.99. The summed E-state index contributed by atoms with van der Waals surface area (Å²) in [6.07, 6.45) is 4.73. The Morgan fingerprint density at radius 1 is 1.45 bits per heavy atom. The van der Waals surface area contributed by atoms with Crippen molar-refractivity contribution in [3.63, 3.8) is 0 Å². The molecule has 1 aromatic heterocycles. The number of hydrogen-bond donors (Lipinski definition) is 1. The van der Waals surface area contributed by atoms with E-state index in [1.807, 2.05) is 11.8 Å². The standard InChI is InChI=1S/C15H22N4O2S/c1-10-8-13(16)18-15(17-10)22-9-14(20)19-6-7-21-12-5-3-2-4-11(12)19/h8,11-12H,2-7,9H2,1H3,(H2,16,17,18)/t11-,12+/m1/s1. The van der Waals surface area contributed by atoms with E-state index in [1.54, 1.807) is 6.07 Å². The lowest BCUT2D eigenvalue weighted by Crippen LogP contribution is -2.55. The summed E-state index contributed by atoms with van der Waals surface area (Å²) in [6, 6.07) is 1.97. The fraction of sp³-hybridized carbons (Fsp3) is 0.667. The summed E-state index contributed by atoms with van der Waals surface area (Å²) in [7, 11) is 0. The third-order valence-corrected chi connectivity index (χ3v) is 5.06. The van der Waals surface area contributed by atoms with E-state index < -0.39 is 0 Å². The lowest BCUT2D eigenvalue weighted by Gasteiger charge is -2.43. The van der Waals surface area contributed by atoms with Gasteiger partial charge in [-0.25, -0.2) is 9.97 Å². The molecule has 2 fully saturated rings. The van der Waals surface area contributed by atoms with E-state index in [2.05, 4.69) is 9.97 Å². The van der Waals surface area contributed by atoms with Crippen LogP contribution in [0.15, 0.2) is 11.2 Å². The van der Waals surface area contributed by atoms with Crippen molar-refractivity contribution in [3.8, 4) is 0 Å². The SMILES string of the molecule is Cc1cc(N)nc(SCC(=O)N2CCO[C@H]3CCCC[C@H]32)n1. The van der Waals surface area contributed by atoms with E-state index in [0.717, 1.165) is 18.5 Å². The van der Waals surface area contributed by atoms with Crippen LogP contribution in [0, 0.1) is 6.92 Å². The van der Waals surface area contributed by atoms with Gasteiger partial charge in [-0.3, -0.25) is 4.79 Å². The molecule has 0 spiro atoms. The van der Waals surface area contributed by atoms with Crippen LogP contribution in [0.2, 0.25) is 0 Å². The van der Waals surface area contributed by atoms with Gasteiger partial charge in [0, 0.05) is 18.3 Å². The maximum Gasteiger partial charge on any atom is 0.233 e. The summed E-state index contributed by atoms with van der Waals surface area (Å²) in [4.78, 5) is 23.0. The van der Waals surface area contributed by atoms with E-state index in [-0.39, 0.29) is 18.1 Å². The first-order valence-electron chi connectivity index (χ1n) is 7.78. The maximum atomic E-state index is 12.6. The molecule has 6 nitrogen and oxygen atoms in total. The Morgan fingerprint density at radius 2 is 2.27 bits per heavy atom. The second-order valence-electron chi connectivity index (χ2n) is 5.85. The quantitative estimate of drug-likeness (QED) is 0.673. The molecule has 0 unspecified atom stereocenters. The van der Waals surface area contributed by atoms with Gasteiger partial charge in [0.15, 0.2) is 5.16 Å². The van der Waals surface area contributed by atoms with E-state index >= 15 is 0 Å². The predicted octanol–water partition coefficient (Wildman–Crippen LogP) is 1.63. The molecule has 0 radical (unpaired) electrons. The third kappa shape index (κ3) is 3.52. The molecule has 1 saturated heterocycles. The van der Waals surface area contributed by atoms with Crippen LogP contribution in [0.1, 0.15) is 31.4 Å². The minimum Gasteiger partial charge on any atom is -0.384 e. The van der Waals surface area contributed by atoms with Gasteiger partial charge in [0.05, 0.1) is 24.5 Å². The molecule has 3 rings (SSSR count). The molecule has 0 aromatic carbocycles. The van der Waals surface area contributed by atoms with E-state index in [0.29, 0.717) is 29.9 Å². The minimum absolute atomic E-state index is 0.147. The third-order valence-electron chi connectivity index (χ3n) is 4.23. The fourth-order valence-electron chi connectivity index (χ4n) is 3.24. The van der Waals surface area contributed by atoms with Crippen molar-refractivity contribution in [1.82, 2.24) is 14.9 Å². The van der Waals surface area contributed by atoms with Crippen LogP contribution in [0.3, 0.4) is 0 Å². The molecule has 7 heteroatoms. The molecule has 1 saturated carbocycles. The van der Waals surface area contributed by atoms with Crippen molar-refractivity contribution < 1.29 is 9.53 Å². The van der Waals surface area contributed by atoms with Crippen LogP contribution in [0.4, 0.5) is 5.82 Å². The van der Waals surface area contributed by atoms with Gasteiger partial charge in [-0.05, 0) is 19.8 Å². The van der Waals surface area contributed by atoms with E-state index in [4.69, 9.17) is 10.5 Å². The van der Waals surface area contributed by atoms with Crippen LogP contribution in [0.25, 0.3) is 0 Å². The fourth-order valence-corrected chi connectivity index (χ4v) is 4.04. The number of amides is 1. The molecule has 0 bridgehead atoms. The highest BCUT2D eigenvalue weighted by Gasteiger charge is 2.36. The molecule has 22 heavy (non-hydrogen) atoms. The highest BCUT2D eigenvalue weighted by atomic mass is 32.2. The van der Waals surface area contributed by atoms with Crippen molar-refractivity contribution in [1.29, 1.82) is 0 Å². The number of nitrogens with zero attached hydrogens (tertiary/aromatic N) is 3. The van der Waals surface area contributed by atoms with Crippen molar-refractivity contribution >= 4 is 23.5 Å². The first-order valence-corrected chi connectivity index (χ1v) is 8.77.